The quantitative estimate of drug-likeness (QED) is 0.800. The molecule has 0 aliphatic carbocycles. The second-order valence-corrected chi connectivity index (χ2v) is 4.88. The fourth-order valence-corrected chi connectivity index (χ4v) is 2.32. The third-order valence-corrected chi connectivity index (χ3v) is 3.48. The minimum Gasteiger partial charge on any atom is -0.381 e. The zero-order chi connectivity index (χ0) is 13.0. The van der Waals surface area contributed by atoms with Gasteiger partial charge in [0.05, 0.1) is 13.2 Å². The predicted octanol–water partition coefficient (Wildman–Crippen LogP) is 2.43. The summed E-state index contributed by atoms with van der Waals surface area (Å²) in [7, 11) is 0. The number of hydrogen-bond acceptors (Lipinski definition) is 3. The van der Waals surface area contributed by atoms with E-state index in [2.05, 4.69) is 36.9 Å². The Morgan fingerprint density at radius 1 is 1.50 bits per heavy atom. The van der Waals surface area contributed by atoms with E-state index in [1.807, 2.05) is 6.07 Å². The van der Waals surface area contributed by atoms with Gasteiger partial charge in [-0.25, -0.2) is 0 Å². The lowest BCUT2D eigenvalue weighted by Crippen LogP contribution is -2.33. The largest absolute Gasteiger partial charge is 0.381 e. The fourth-order valence-electron chi connectivity index (χ4n) is 2.32. The van der Waals surface area contributed by atoms with Crippen molar-refractivity contribution in [3.8, 4) is 0 Å². The smallest absolute Gasteiger partial charge is 0.157 e. The molecule has 1 saturated heterocycles. The molecule has 0 N–H and O–H groups in total. The molecular formula is C15H21NO2. The normalized spacial score (nSPS) is 18.9. The minimum atomic E-state index is 0.101. The molecule has 2 rings (SSSR count). The van der Waals surface area contributed by atoms with Gasteiger partial charge in [0.1, 0.15) is 0 Å². The van der Waals surface area contributed by atoms with Crippen LogP contribution in [0.1, 0.15) is 18.9 Å². The SMILES string of the molecule is CCN(CC(=O)C1CCOC1)c1cccc(C)c1. The first-order chi connectivity index (χ1) is 8.70. The number of carbonyl (C=O) groups is 1. The van der Waals surface area contributed by atoms with Crippen molar-refractivity contribution in [2.24, 2.45) is 5.92 Å². The molecule has 0 aromatic heterocycles. The van der Waals surface area contributed by atoms with Crippen LogP contribution in [0.3, 0.4) is 0 Å². The second-order valence-electron chi connectivity index (χ2n) is 4.88. The summed E-state index contributed by atoms with van der Waals surface area (Å²) < 4.78 is 5.28. The monoisotopic (exact) mass is 247 g/mol. The Balaban J connectivity index is 2.02. The van der Waals surface area contributed by atoms with Crippen molar-refractivity contribution >= 4 is 11.5 Å². The number of ether oxygens (including phenoxy) is 1. The van der Waals surface area contributed by atoms with Crippen molar-refractivity contribution in [2.45, 2.75) is 20.3 Å². The standard InChI is InChI=1S/C15H21NO2/c1-3-16(14-6-4-5-12(2)9-14)10-15(17)13-7-8-18-11-13/h4-6,9,13H,3,7-8,10-11H2,1-2H3. The summed E-state index contributed by atoms with van der Waals surface area (Å²) in [4.78, 5) is 14.3. The zero-order valence-electron chi connectivity index (χ0n) is 11.2. The van der Waals surface area contributed by atoms with Crippen molar-refractivity contribution in [1.82, 2.24) is 0 Å². The van der Waals surface area contributed by atoms with Crippen LogP contribution in [-0.2, 0) is 9.53 Å². The zero-order valence-corrected chi connectivity index (χ0v) is 11.2. The van der Waals surface area contributed by atoms with E-state index in [4.69, 9.17) is 4.74 Å². The van der Waals surface area contributed by atoms with E-state index < -0.39 is 0 Å². The highest BCUT2D eigenvalue weighted by atomic mass is 16.5. The van der Waals surface area contributed by atoms with Crippen molar-refractivity contribution in [3.63, 3.8) is 0 Å². The van der Waals surface area contributed by atoms with Crippen LogP contribution in [-0.4, -0.2) is 32.1 Å². The summed E-state index contributed by atoms with van der Waals surface area (Å²) in [6.07, 6.45) is 0.879. The summed E-state index contributed by atoms with van der Waals surface area (Å²) in [6, 6.07) is 8.30. The van der Waals surface area contributed by atoms with Gasteiger partial charge in [0, 0.05) is 24.8 Å². The van der Waals surface area contributed by atoms with Crippen LogP contribution in [0.5, 0.6) is 0 Å². The van der Waals surface area contributed by atoms with Crippen LogP contribution in [0.2, 0.25) is 0 Å². The van der Waals surface area contributed by atoms with Crippen LogP contribution in [0.4, 0.5) is 5.69 Å². The average molecular weight is 247 g/mol. The maximum atomic E-state index is 12.2. The summed E-state index contributed by atoms with van der Waals surface area (Å²) in [5.74, 6) is 0.403. The summed E-state index contributed by atoms with van der Waals surface area (Å²) in [6.45, 7) is 6.83. The van der Waals surface area contributed by atoms with Gasteiger partial charge in [-0.05, 0) is 38.0 Å². The summed E-state index contributed by atoms with van der Waals surface area (Å²) in [5.41, 5.74) is 2.35. The van der Waals surface area contributed by atoms with Crippen LogP contribution >= 0.6 is 0 Å². The van der Waals surface area contributed by atoms with E-state index >= 15 is 0 Å². The number of ketones is 1. The molecule has 1 aromatic rings. The molecule has 0 bridgehead atoms. The molecule has 0 amide bonds. The first kappa shape index (κ1) is 13.1. The van der Waals surface area contributed by atoms with Crippen LogP contribution in [0, 0.1) is 12.8 Å². The highest BCUT2D eigenvalue weighted by molar-refractivity contribution is 5.86. The van der Waals surface area contributed by atoms with Crippen molar-refractivity contribution in [2.75, 3.05) is 31.2 Å². The number of benzene rings is 1. The molecule has 98 valence electrons. The number of aryl methyl sites for hydroxylation is 1. The Labute approximate surface area is 109 Å². The lowest BCUT2D eigenvalue weighted by molar-refractivity contribution is -0.121. The highest BCUT2D eigenvalue weighted by Crippen LogP contribution is 2.18. The molecule has 18 heavy (non-hydrogen) atoms. The summed E-state index contributed by atoms with van der Waals surface area (Å²) >= 11 is 0. The van der Waals surface area contributed by atoms with Crippen molar-refractivity contribution in [1.29, 1.82) is 0 Å². The molecule has 0 radical (unpaired) electrons. The van der Waals surface area contributed by atoms with E-state index in [1.54, 1.807) is 0 Å². The molecular weight excluding hydrogens is 226 g/mol. The molecule has 3 heteroatoms. The maximum Gasteiger partial charge on any atom is 0.157 e. The van der Waals surface area contributed by atoms with E-state index in [0.29, 0.717) is 18.9 Å². The number of hydrogen-bond donors (Lipinski definition) is 0. The van der Waals surface area contributed by atoms with E-state index in [1.165, 1.54) is 5.56 Å². The lowest BCUT2D eigenvalue weighted by atomic mass is 10.0. The molecule has 1 atom stereocenters. The number of nitrogens with zero attached hydrogens (tertiary/aromatic N) is 1. The molecule has 1 aromatic carbocycles. The fraction of sp³-hybridized carbons (Fsp3) is 0.533. The molecule has 1 unspecified atom stereocenters. The molecule has 0 saturated carbocycles. The van der Waals surface area contributed by atoms with Crippen LogP contribution in [0.15, 0.2) is 24.3 Å². The maximum absolute atomic E-state index is 12.2. The van der Waals surface area contributed by atoms with Crippen LogP contribution in [0.25, 0.3) is 0 Å². The molecule has 3 nitrogen and oxygen atoms in total. The van der Waals surface area contributed by atoms with Gasteiger partial charge in [-0.3, -0.25) is 4.79 Å². The van der Waals surface area contributed by atoms with Gasteiger partial charge >= 0.3 is 0 Å². The first-order valence-electron chi connectivity index (χ1n) is 6.62. The van der Waals surface area contributed by atoms with Gasteiger partial charge in [0.25, 0.3) is 0 Å². The third-order valence-electron chi connectivity index (χ3n) is 3.48. The molecule has 1 aliphatic rings. The van der Waals surface area contributed by atoms with Gasteiger partial charge in [-0.2, -0.15) is 0 Å². The number of rotatable bonds is 5. The minimum absolute atomic E-state index is 0.101. The Morgan fingerprint density at radius 2 is 2.33 bits per heavy atom. The van der Waals surface area contributed by atoms with Crippen molar-refractivity contribution in [3.05, 3.63) is 29.8 Å². The Morgan fingerprint density at radius 3 is 2.94 bits per heavy atom. The average Bonchev–Trinajstić information content (AvgIpc) is 2.89. The Bertz CT molecular complexity index is 411. The summed E-state index contributed by atoms with van der Waals surface area (Å²) in [5, 5.41) is 0. The first-order valence-corrected chi connectivity index (χ1v) is 6.62. The van der Waals surface area contributed by atoms with Gasteiger partial charge in [0.2, 0.25) is 0 Å². The van der Waals surface area contributed by atoms with E-state index in [0.717, 1.165) is 25.3 Å². The number of carbonyl (C=O) groups excluding carboxylic acids is 1. The molecule has 1 aliphatic heterocycles. The van der Waals surface area contributed by atoms with Crippen LogP contribution < -0.4 is 4.90 Å². The number of anilines is 1. The van der Waals surface area contributed by atoms with Crippen molar-refractivity contribution < 1.29 is 9.53 Å². The number of likely N-dealkylation sites (N-methyl/N-ethyl adjacent to an activating group) is 1. The molecule has 1 heterocycles. The van der Waals surface area contributed by atoms with Gasteiger partial charge in [-0.15, -0.1) is 0 Å². The van der Waals surface area contributed by atoms with Gasteiger partial charge in [0.15, 0.2) is 5.78 Å². The van der Waals surface area contributed by atoms with Gasteiger partial charge in [-0.1, -0.05) is 12.1 Å². The Kier molecular flexibility index (Phi) is 4.37. The van der Waals surface area contributed by atoms with E-state index in [-0.39, 0.29) is 5.92 Å². The van der Waals surface area contributed by atoms with E-state index in [9.17, 15) is 4.79 Å². The Hall–Kier alpha value is -1.35. The predicted molar refractivity (Wildman–Crippen MR) is 73.0 cm³/mol. The number of Topliss-reactive ketones (excluding diaryl/α,β-unsaturated/α-hetero) is 1. The topological polar surface area (TPSA) is 29.5 Å². The van der Waals surface area contributed by atoms with Gasteiger partial charge < -0.3 is 9.64 Å². The molecule has 0 spiro atoms. The highest BCUT2D eigenvalue weighted by Gasteiger charge is 2.24. The molecule has 1 fully saturated rings. The second kappa shape index (κ2) is 6.01. The third kappa shape index (κ3) is 3.10. The lowest BCUT2D eigenvalue weighted by Gasteiger charge is -2.23.